The van der Waals surface area contributed by atoms with Crippen LogP contribution in [0.4, 0.5) is 0 Å². The van der Waals surface area contributed by atoms with Crippen LogP contribution < -0.4 is 11.1 Å². The van der Waals surface area contributed by atoms with E-state index in [1.54, 1.807) is 27.6 Å². The fraction of sp³-hybridized carbons (Fsp3) is 0.182. The van der Waals surface area contributed by atoms with Crippen molar-refractivity contribution in [1.29, 1.82) is 0 Å². The fourth-order valence-corrected chi connectivity index (χ4v) is 4.55. The highest BCUT2D eigenvalue weighted by atomic mass is 32.2. The summed E-state index contributed by atoms with van der Waals surface area (Å²) in [5, 5.41) is 12.7. The Hall–Kier alpha value is -3.99. The van der Waals surface area contributed by atoms with Gasteiger partial charge in [0.05, 0.1) is 27.5 Å². The van der Waals surface area contributed by atoms with Crippen LogP contribution in [0.3, 0.4) is 0 Å². The van der Waals surface area contributed by atoms with Gasteiger partial charge in [0.15, 0.2) is 5.69 Å². The van der Waals surface area contributed by atoms with Gasteiger partial charge < -0.3 is 4.98 Å². The second kappa shape index (κ2) is 8.17. The van der Waals surface area contributed by atoms with Crippen molar-refractivity contribution in [2.45, 2.75) is 24.3 Å². The smallest absolute Gasteiger partial charge is 0.297 e. The number of benzene rings is 2. The lowest BCUT2D eigenvalue weighted by atomic mass is 10.2. The molecule has 0 spiro atoms. The van der Waals surface area contributed by atoms with Crippen LogP contribution in [0.1, 0.15) is 23.7 Å². The highest BCUT2D eigenvalue weighted by Gasteiger charge is 2.24. The zero-order valence-electron chi connectivity index (χ0n) is 18.1. The predicted molar refractivity (Wildman–Crippen MR) is 125 cm³/mol. The van der Waals surface area contributed by atoms with Crippen LogP contribution >= 0.6 is 11.8 Å². The van der Waals surface area contributed by atoms with Crippen LogP contribution in [0.5, 0.6) is 0 Å². The average Bonchev–Trinajstić information content (AvgIpc) is 3.35. The number of H-pyrrole nitrogens is 1. The van der Waals surface area contributed by atoms with Gasteiger partial charge in [-0.3, -0.25) is 14.3 Å². The molecule has 0 aliphatic carbocycles. The largest absolute Gasteiger partial charge is 0.309 e. The first kappa shape index (κ1) is 20.9. The molecule has 0 fully saturated rings. The number of nitrogens with one attached hydrogen (secondary N) is 1. The van der Waals surface area contributed by atoms with E-state index in [1.165, 1.54) is 16.4 Å². The van der Waals surface area contributed by atoms with Gasteiger partial charge in [-0.05, 0) is 48.5 Å². The molecule has 11 heteroatoms. The molecule has 0 radical (unpaired) electrons. The molecule has 33 heavy (non-hydrogen) atoms. The van der Waals surface area contributed by atoms with E-state index < -0.39 is 0 Å². The number of fused-ring (bicyclic) bond motifs is 1. The molecule has 2 aromatic carbocycles. The summed E-state index contributed by atoms with van der Waals surface area (Å²) in [6.45, 7) is 3.74. The van der Waals surface area contributed by atoms with Gasteiger partial charge in [-0.15, -0.1) is 5.10 Å². The first-order valence-electron chi connectivity index (χ1n) is 10.2. The number of para-hydroxylation sites is 2. The van der Waals surface area contributed by atoms with Gasteiger partial charge >= 0.3 is 0 Å². The molecule has 5 rings (SSSR count). The van der Waals surface area contributed by atoms with E-state index in [9.17, 15) is 9.59 Å². The van der Waals surface area contributed by atoms with Gasteiger partial charge in [0.25, 0.3) is 11.1 Å². The normalized spacial score (nSPS) is 12.3. The van der Waals surface area contributed by atoms with Gasteiger partial charge in [0.1, 0.15) is 5.82 Å². The Labute approximate surface area is 191 Å². The highest BCUT2D eigenvalue weighted by Crippen LogP contribution is 2.32. The van der Waals surface area contributed by atoms with Crippen LogP contribution in [0, 0.1) is 6.92 Å². The Morgan fingerprint density at radius 1 is 1.03 bits per heavy atom. The first-order valence-corrected chi connectivity index (χ1v) is 11.1. The monoisotopic (exact) mass is 460 g/mol. The second-order valence-corrected chi connectivity index (χ2v) is 8.82. The maximum absolute atomic E-state index is 13.4. The molecule has 0 saturated carbocycles. The molecule has 3 aromatic heterocycles. The summed E-state index contributed by atoms with van der Waals surface area (Å²) >= 11 is 1.31. The van der Waals surface area contributed by atoms with Crippen LogP contribution in [-0.2, 0) is 7.05 Å². The molecule has 0 bridgehead atoms. The maximum atomic E-state index is 13.4. The summed E-state index contributed by atoms with van der Waals surface area (Å²) in [6, 6.07) is 16.6. The lowest BCUT2D eigenvalue weighted by Gasteiger charge is -2.10. The van der Waals surface area contributed by atoms with Crippen LogP contribution in [0.15, 0.2) is 69.3 Å². The average molecular weight is 461 g/mol. The molecule has 0 amide bonds. The Kier molecular flexibility index (Phi) is 5.17. The highest BCUT2D eigenvalue weighted by molar-refractivity contribution is 7.99. The van der Waals surface area contributed by atoms with Crippen molar-refractivity contribution in [3.63, 3.8) is 0 Å². The summed E-state index contributed by atoms with van der Waals surface area (Å²) in [5.41, 5.74) is 2.00. The number of tetrazole rings is 1. The molecule has 3 heterocycles. The minimum absolute atomic E-state index is 0.202. The number of aromatic nitrogens is 8. The van der Waals surface area contributed by atoms with Crippen LogP contribution in [0.25, 0.3) is 22.3 Å². The number of aromatic amines is 1. The van der Waals surface area contributed by atoms with E-state index in [2.05, 4.69) is 25.5 Å². The van der Waals surface area contributed by atoms with Crippen molar-refractivity contribution in [2.24, 2.45) is 7.05 Å². The standard InChI is InChI=1S/C22H20N8O2S/c1-13-18(21(32)30(28(13)3)15-9-5-4-6-10-15)29-22(25-26-27-29)33-14(2)19-23-17-12-8-7-11-16(17)20(31)24-19/h4-12,14H,1-3H3,(H,23,24,31). The van der Waals surface area contributed by atoms with Gasteiger partial charge in [0.2, 0.25) is 5.16 Å². The number of hydrogen-bond acceptors (Lipinski definition) is 7. The Bertz CT molecular complexity index is 1580. The molecule has 166 valence electrons. The topological polar surface area (TPSA) is 116 Å². The van der Waals surface area contributed by atoms with E-state index in [4.69, 9.17) is 0 Å². The van der Waals surface area contributed by atoms with Crippen molar-refractivity contribution in [1.82, 2.24) is 39.5 Å². The van der Waals surface area contributed by atoms with Gasteiger partial charge in [-0.2, -0.15) is 4.68 Å². The van der Waals surface area contributed by atoms with Crippen LogP contribution in [0.2, 0.25) is 0 Å². The summed E-state index contributed by atoms with van der Waals surface area (Å²) < 4.78 is 4.79. The van der Waals surface area contributed by atoms with Crippen molar-refractivity contribution < 1.29 is 0 Å². The van der Waals surface area contributed by atoms with Crippen molar-refractivity contribution in [3.05, 3.63) is 86.8 Å². The maximum Gasteiger partial charge on any atom is 0.297 e. The van der Waals surface area contributed by atoms with E-state index in [-0.39, 0.29) is 16.4 Å². The van der Waals surface area contributed by atoms with E-state index >= 15 is 0 Å². The molecule has 1 atom stereocenters. The quantitative estimate of drug-likeness (QED) is 0.401. The third-order valence-electron chi connectivity index (χ3n) is 5.47. The second-order valence-electron chi connectivity index (χ2n) is 7.51. The number of nitrogens with zero attached hydrogens (tertiary/aromatic N) is 7. The molecule has 0 aliphatic heterocycles. The Morgan fingerprint density at radius 2 is 1.76 bits per heavy atom. The van der Waals surface area contributed by atoms with Crippen LogP contribution in [-0.4, -0.2) is 39.5 Å². The predicted octanol–water partition coefficient (Wildman–Crippen LogP) is 2.55. The summed E-state index contributed by atoms with van der Waals surface area (Å²) in [4.78, 5) is 33.3. The molecule has 5 aromatic rings. The molecular weight excluding hydrogens is 440 g/mol. The summed E-state index contributed by atoms with van der Waals surface area (Å²) in [7, 11) is 1.82. The van der Waals surface area contributed by atoms with Crippen molar-refractivity contribution >= 4 is 22.7 Å². The minimum Gasteiger partial charge on any atom is -0.309 e. The lowest BCUT2D eigenvalue weighted by molar-refractivity contribution is 0.630. The molecule has 0 aliphatic rings. The molecule has 10 nitrogen and oxygen atoms in total. The SMILES string of the molecule is Cc1c(-n2nnnc2SC(C)c2nc3ccccc3c(=O)[nH]2)c(=O)n(-c2ccccc2)n1C. The zero-order valence-corrected chi connectivity index (χ0v) is 18.9. The van der Waals surface area contributed by atoms with Crippen molar-refractivity contribution in [2.75, 3.05) is 0 Å². The molecule has 1 N–H and O–H groups in total. The third kappa shape index (κ3) is 3.55. The molecular formula is C22H20N8O2S. The Morgan fingerprint density at radius 3 is 2.55 bits per heavy atom. The van der Waals surface area contributed by atoms with E-state index in [0.717, 1.165) is 5.69 Å². The molecule has 1 unspecified atom stereocenters. The zero-order chi connectivity index (χ0) is 23.1. The van der Waals surface area contributed by atoms with Crippen molar-refractivity contribution in [3.8, 4) is 11.4 Å². The number of thioether (sulfide) groups is 1. The van der Waals surface area contributed by atoms with Gasteiger partial charge in [-0.25, -0.2) is 9.67 Å². The minimum atomic E-state index is -0.271. The van der Waals surface area contributed by atoms with Gasteiger partial charge in [0, 0.05) is 7.05 Å². The lowest BCUT2D eigenvalue weighted by Crippen LogP contribution is -2.22. The Balaban J connectivity index is 1.54. The van der Waals surface area contributed by atoms with E-state index in [0.29, 0.717) is 33.3 Å². The summed E-state index contributed by atoms with van der Waals surface area (Å²) in [6.07, 6.45) is 0. The number of rotatable bonds is 5. The van der Waals surface area contributed by atoms with Gasteiger partial charge in [-0.1, -0.05) is 42.1 Å². The third-order valence-corrected chi connectivity index (χ3v) is 6.52. The van der Waals surface area contributed by atoms with E-state index in [1.807, 2.05) is 57.3 Å². The molecule has 0 saturated heterocycles. The first-order chi connectivity index (χ1) is 16.0. The number of hydrogen-bond donors (Lipinski definition) is 1. The summed E-state index contributed by atoms with van der Waals surface area (Å²) in [5.74, 6) is 0.504. The fourth-order valence-electron chi connectivity index (χ4n) is 3.70.